The lowest BCUT2D eigenvalue weighted by Gasteiger charge is -2.11. The summed E-state index contributed by atoms with van der Waals surface area (Å²) in [7, 11) is -0.941. The van der Waals surface area contributed by atoms with Gasteiger partial charge in [-0.2, -0.15) is 0 Å². The minimum Gasteiger partial charge on any atom is -0.497 e. The van der Waals surface area contributed by atoms with Crippen LogP contribution in [0.25, 0.3) is 0 Å². The number of hydrogen-bond acceptors (Lipinski definition) is 6. The van der Waals surface area contributed by atoms with Gasteiger partial charge < -0.3 is 9.47 Å². The van der Waals surface area contributed by atoms with Gasteiger partial charge in [-0.1, -0.05) is 12.1 Å². The SMILES string of the molecule is COc1ccc(NS(=O)(=O)c2cccc(C(=O)NNC(=O)c3ccc(C)c(OC)c3)c2)cc1. The Kier molecular flexibility index (Phi) is 7.19. The van der Waals surface area contributed by atoms with Gasteiger partial charge in [0.25, 0.3) is 21.8 Å². The van der Waals surface area contributed by atoms with Crippen LogP contribution < -0.4 is 25.0 Å². The van der Waals surface area contributed by atoms with Gasteiger partial charge in [-0.15, -0.1) is 0 Å². The highest BCUT2D eigenvalue weighted by atomic mass is 32.2. The van der Waals surface area contributed by atoms with E-state index < -0.39 is 21.8 Å². The summed E-state index contributed by atoms with van der Waals surface area (Å²) in [6.45, 7) is 1.84. The molecule has 0 fully saturated rings. The van der Waals surface area contributed by atoms with E-state index in [1.807, 2.05) is 6.92 Å². The summed E-state index contributed by atoms with van der Waals surface area (Å²) in [5, 5.41) is 0. The molecular formula is C23H23N3O6S. The lowest BCUT2D eigenvalue weighted by atomic mass is 10.1. The van der Waals surface area contributed by atoms with Gasteiger partial charge in [-0.25, -0.2) is 8.42 Å². The molecule has 0 atom stereocenters. The molecule has 10 heteroatoms. The van der Waals surface area contributed by atoms with Crippen LogP contribution in [-0.4, -0.2) is 34.5 Å². The number of carbonyl (C=O) groups is 2. The number of nitrogens with one attached hydrogen (secondary N) is 3. The number of hydrogen-bond donors (Lipinski definition) is 3. The summed E-state index contributed by atoms with van der Waals surface area (Å²) in [6, 6.07) is 16.7. The molecule has 0 unspecified atom stereocenters. The third-order valence-electron chi connectivity index (χ3n) is 4.71. The monoisotopic (exact) mass is 469 g/mol. The lowest BCUT2D eigenvalue weighted by molar-refractivity contribution is 0.0846. The van der Waals surface area contributed by atoms with Gasteiger partial charge >= 0.3 is 0 Å². The summed E-state index contributed by atoms with van der Waals surface area (Å²) in [4.78, 5) is 24.7. The first-order chi connectivity index (χ1) is 15.7. The Balaban J connectivity index is 1.69. The van der Waals surface area contributed by atoms with E-state index in [1.165, 1.54) is 38.5 Å². The first-order valence-electron chi connectivity index (χ1n) is 9.76. The van der Waals surface area contributed by atoms with E-state index in [9.17, 15) is 18.0 Å². The highest BCUT2D eigenvalue weighted by molar-refractivity contribution is 7.92. The van der Waals surface area contributed by atoms with Crippen molar-refractivity contribution in [2.45, 2.75) is 11.8 Å². The Hall–Kier alpha value is -4.05. The molecule has 0 heterocycles. The lowest BCUT2D eigenvalue weighted by Crippen LogP contribution is -2.41. The fourth-order valence-corrected chi connectivity index (χ4v) is 4.00. The van der Waals surface area contributed by atoms with Crippen molar-refractivity contribution in [2.24, 2.45) is 0 Å². The smallest absolute Gasteiger partial charge is 0.269 e. The maximum Gasteiger partial charge on any atom is 0.269 e. The van der Waals surface area contributed by atoms with Crippen molar-refractivity contribution in [1.29, 1.82) is 0 Å². The molecular weight excluding hydrogens is 446 g/mol. The second kappa shape index (κ2) is 10.0. The highest BCUT2D eigenvalue weighted by Crippen LogP contribution is 2.20. The molecule has 3 N–H and O–H groups in total. The Morgan fingerprint density at radius 1 is 0.788 bits per heavy atom. The van der Waals surface area contributed by atoms with Crippen LogP contribution in [-0.2, 0) is 10.0 Å². The molecule has 0 spiro atoms. The third kappa shape index (κ3) is 5.80. The summed E-state index contributed by atoms with van der Waals surface area (Å²) < 4.78 is 38.1. The van der Waals surface area contributed by atoms with Gasteiger partial charge in [0.05, 0.1) is 19.1 Å². The van der Waals surface area contributed by atoms with Gasteiger partial charge in [0, 0.05) is 16.8 Å². The Bertz CT molecular complexity index is 1270. The number of rotatable bonds is 7. The molecule has 0 aliphatic carbocycles. The molecule has 3 aromatic rings. The summed E-state index contributed by atoms with van der Waals surface area (Å²) >= 11 is 0. The van der Waals surface area contributed by atoms with Crippen LogP contribution in [0.2, 0.25) is 0 Å². The van der Waals surface area contributed by atoms with E-state index in [2.05, 4.69) is 15.6 Å². The van der Waals surface area contributed by atoms with Crippen molar-refractivity contribution in [1.82, 2.24) is 10.9 Å². The van der Waals surface area contributed by atoms with Crippen LogP contribution >= 0.6 is 0 Å². The van der Waals surface area contributed by atoms with Crippen LogP contribution in [0.1, 0.15) is 26.3 Å². The molecule has 0 radical (unpaired) electrons. The predicted octanol–water partition coefficient (Wildman–Crippen LogP) is 2.89. The molecule has 2 amide bonds. The fraction of sp³-hybridized carbons (Fsp3) is 0.130. The van der Waals surface area contributed by atoms with E-state index in [0.29, 0.717) is 17.2 Å². The summed E-state index contributed by atoms with van der Waals surface area (Å²) in [6.07, 6.45) is 0. The minimum atomic E-state index is -3.95. The largest absolute Gasteiger partial charge is 0.497 e. The van der Waals surface area contributed by atoms with E-state index in [0.717, 1.165) is 5.56 Å². The molecule has 0 aromatic heterocycles. The summed E-state index contributed by atoms with van der Waals surface area (Å²) in [5.41, 5.74) is 6.13. The number of anilines is 1. The van der Waals surface area contributed by atoms with Crippen molar-refractivity contribution >= 4 is 27.5 Å². The van der Waals surface area contributed by atoms with Crippen molar-refractivity contribution < 1.29 is 27.5 Å². The Morgan fingerprint density at radius 3 is 2.03 bits per heavy atom. The fourth-order valence-electron chi connectivity index (χ4n) is 2.90. The van der Waals surface area contributed by atoms with Crippen molar-refractivity contribution in [2.75, 3.05) is 18.9 Å². The second-order valence-electron chi connectivity index (χ2n) is 6.95. The number of hydrazine groups is 1. The molecule has 0 saturated carbocycles. The quantitative estimate of drug-likeness (QED) is 0.457. The number of benzene rings is 3. The number of aryl methyl sites for hydroxylation is 1. The average Bonchev–Trinajstić information content (AvgIpc) is 2.83. The van der Waals surface area contributed by atoms with Crippen LogP contribution in [0.3, 0.4) is 0 Å². The molecule has 0 aliphatic rings. The zero-order valence-electron chi connectivity index (χ0n) is 18.2. The van der Waals surface area contributed by atoms with Crippen molar-refractivity contribution in [3.63, 3.8) is 0 Å². The molecule has 172 valence electrons. The number of methoxy groups -OCH3 is 2. The second-order valence-corrected chi connectivity index (χ2v) is 8.64. The number of amides is 2. The van der Waals surface area contributed by atoms with E-state index in [4.69, 9.17) is 9.47 Å². The topological polar surface area (TPSA) is 123 Å². The van der Waals surface area contributed by atoms with E-state index in [-0.39, 0.29) is 16.0 Å². The zero-order chi connectivity index (χ0) is 24.0. The van der Waals surface area contributed by atoms with Crippen molar-refractivity contribution in [3.8, 4) is 11.5 Å². The van der Waals surface area contributed by atoms with E-state index >= 15 is 0 Å². The van der Waals surface area contributed by atoms with E-state index in [1.54, 1.807) is 42.5 Å². The average molecular weight is 470 g/mol. The number of ether oxygens (including phenoxy) is 2. The Morgan fingerprint density at radius 2 is 1.42 bits per heavy atom. The van der Waals surface area contributed by atoms with Gasteiger partial charge in [0.15, 0.2) is 0 Å². The highest BCUT2D eigenvalue weighted by Gasteiger charge is 2.17. The maximum atomic E-state index is 12.7. The van der Waals surface area contributed by atoms with Gasteiger partial charge in [0.2, 0.25) is 0 Å². The van der Waals surface area contributed by atoms with Crippen LogP contribution in [0.15, 0.2) is 71.6 Å². The molecule has 0 saturated heterocycles. The molecule has 33 heavy (non-hydrogen) atoms. The van der Waals surface area contributed by atoms with Crippen LogP contribution in [0, 0.1) is 6.92 Å². The molecule has 3 aromatic carbocycles. The van der Waals surface area contributed by atoms with Crippen LogP contribution in [0.5, 0.6) is 11.5 Å². The van der Waals surface area contributed by atoms with Gasteiger partial charge in [0.1, 0.15) is 11.5 Å². The van der Waals surface area contributed by atoms with Crippen LogP contribution in [0.4, 0.5) is 5.69 Å². The molecule has 0 aliphatic heterocycles. The first-order valence-corrected chi connectivity index (χ1v) is 11.2. The molecule has 0 bridgehead atoms. The molecule has 3 rings (SSSR count). The minimum absolute atomic E-state index is 0.0504. The maximum absolute atomic E-state index is 12.7. The normalized spacial score (nSPS) is 10.8. The predicted molar refractivity (Wildman–Crippen MR) is 123 cm³/mol. The van der Waals surface area contributed by atoms with Crippen molar-refractivity contribution in [3.05, 3.63) is 83.4 Å². The Labute approximate surface area is 191 Å². The number of carbonyl (C=O) groups excluding carboxylic acids is 2. The summed E-state index contributed by atoms with van der Waals surface area (Å²) in [5.74, 6) is -0.102. The molecule has 9 nitrogen and oxygen atoms in total. The standard InChI is InChI=1S/C23H23N3O6S/c1-15-7-8-17(14-21(15)32-3)23(28)25-24-22(27)16-5-4-6-20(13-16)33(29,30)26-18-9-11-19(31-2)12-10-18/h4-14,26H,1-3H3,(H,24,27)(H,25,28). The van der Waals surface area contributed by atoms with Gasteiger partial charge in [-0.05, 0) is 67.1 Å². The third-order valence-corrected chi connectivity index (χ3v) is 6.09. The number of sulfonamides is 1. The van der Waals surface area contributed by atoms with Gasteiger partial charge in [-0.3, -0.25) is 25.2 Å². The first kappa shape index (κ1) is 23.6. The zero-order valence-corrected chi connectivity index (χ0v) is 19.0.